The van der Waals surface area contributed by atoms with Gasteiger partial charge in [-0.15, -0.1) is 12.8 Å². The topological polar surface area (TPSA) is 22.1 Å². The number of benzene rings is 1. The van der Waals surface area contributed by atoms with E-state index in [1.54, 1.807) is 6.20 Å². The number of hydrogen-bond acceptors (Lipinski definition) is 2. The molecule has 0 unspecified atom stereocenters. The summed E-state index contributed by atoms with van der Waals surface area (Å²) < 4.78 is 5.79. The summed E-state index contributed by atoms with van der Waals surface area (Å²) in [5.74, 6) is 7.20. The van der Waals surface area contributed by atoms with Crippen molar-refractivity contribution in [2.45, 2.75) is 90.9 Å². The predicted octanol–water partition coefficient (Wildman–Crippen LogP) is 7.98. The van der Waals surface area contributed by atoms with Gasteiger partial charge in [-0.3, -0.25) is 0 Å². The Morgan fingerprint density at radius 1 is 0.719 bits per heavy atom. The lowest BCUT2D eigenvalue weighted by molar-refractivity contribution is 0.303. The molecule has 0 fully saturated rings. The van der Waals surface area contributed by atoms with E-state index < -0.39 is 0 Å². The SMILES string of the molecule is C#C.CCCCCCCCOc1ccc(C#Cc2ccc(CCCCCCC)cc2)nc1. The van der Waals surface area contributed by atoms with Gasteiger partial charge in [-0.05, 0) is 55.0 Å². The van der Waals surface area contributed by atoms with Crippen molar-refractivity contribution < 1.29 is 4.74 Å². The van der Waals surface area contributed by atoms with Crippen molar-refractivity contribution in [3.05, 3.63) is 59.4 Å². The van der Waals surface area contributed by atoms with Crippen LogP contribution in [0.15, 0.2) is 42.6 Å². The summed E-state index contributed by atoms with van der Waals surface area (Å²) in [4.78, 5) is 4.42. The van der Waals surface area contributed by atoms with Gasteiger partial charge in [0.2, 0.25) is 0 Å². The van der Waals surface area contributed by atoms with E-state index in [-0.39, 0.29) is 0 Å². The smallest absolute Gasteiger partial charge is 0.137 e. The first-order valence-corrected chi connectivity index (χ1v) is 12.3. The highest BCUT2D eigenvalue weighted by Gasteiger charge is 1.97. The number of terminal acetylenes is 1. The molecule has 2 nitrogen and oxygen atoms in total. The Morgan fingerprint density at radius 2 is 1.34 bits per heavy atom. The molecule has 0 N–H and O–H groups in total. The lowest BCUT2D eigenvalue weighted by Crippen LogP contribution is -1.98. The van der Waals surface area contributed by atoms with Crippen molar-refractivity contribution in [2.75, 3.05) is 6.61 Å². The zero-order valence-corrected chi connectivity index (χ0v) is 20.2. The van der Waals surface area contributed by atoms with Crippen molar-refractivity contribution in [3.8, 4) is 30.4 Å². The fourth-order valence-electron chi connectivity index (χ4n) is 3.44. The Labute approximate surface area is 197 Å². The number of hydrogen-bond donors (Lipinski definition) is 0. The van der Waals surface area contributed by atoms with Crippen LogP contribution in [0.2, 0.25) is 0 Å². The molecule has 1 heterocycles. The molecule has 0 radical (unpaired) electrons. The van der Waals surface area contributed by atoms with Crippen molar-refractivity contribution in [3.63, 3.8) is 0 Å². The van der Waals surface area contributed by atoms with Gasteiger partial charge in [0, 0.05) is 5.56 Å². The van der Waals surface area contributed by atoms with E-state index in [1.165, 1.54) is 76.2 Å². The van der Waals surface area contributed by atoms with E-state index in [0.717, 1.165) is 30.0 Å². The summed E-state index contributed by atoms with van der Waals surface area (Å²) >= 11 is 0. The molecule has 0 bridgehead atoms. The summed E-state index contributed by atoms with van der Waals surface area (Å²) in [5.41, 5.74) is 3.22. The fraction of sp³-hybridized carbons (Fsp3) is 0.500. The third kappa shape index (κ3) is 12.9. The van der Waals surface area contributed by atoms with Crippen molar-refractivity contribution in [2.24, 2.45) is 0 Å². The standard InChI is InChI=1S/C28H39NO.C2H2/c1-3-5-7-9-11-13-23-30-28-22-21-27(29-24-28)20-19-26-17-15-25(16-18-26)14-12-10-8-6-4-2;1-2/h15-18,21-22,24H,3-14,23H2,1-2H3;1-2H. The molecule has 2 rings (SSSR count). The van der Waals surface area contributed by atoms with E-state index in [9.17, 15) is 0 Å². The lowest BCUT2D eigenvalue weighted by atomic mass is 10.0. The minimum Gasteiger partial charge on any atom is -0.492 e. The van der Waals surface area contributed by atoms with E-state index >= 15 is 0 Å². The number of nitrogens with zero attached hydrogens (tertiary/aromatic N) is 1. The highest BCUT2D eigenvalue weighted by molar-refractivity contribution is 5.41. The molecule has 0 saturated heterocycles. The first-order chi connectivity index (χ1) is 15.8. The quantitative estimate of drug-likeness (QED) is 0.223. The van der Waals surface area contributed by atoms with Gasteiger partial charge >= 0.3 is 0 Å². The number of aryl methyl sites for hydroxylation is 1. The van der Waals surface area contributed by atoms with Gasteiger partial charge in [0.05, 0.1) is 12.8 Å². The zero-order chi connectivity index (χ0) is 23.3. The molecule has 0 saturated carbocycles. The van der Waals surface area contributed by atoms with Crippen LogP contribution in [0, 0.1) is 24.7 Å². The van der Waals surface area contributed by atoms with Crippen LogP contribution in [0.3, 0.4) is 0 Å². The number of rotatable bonds is 14. The summed E-state index contributed by atoms with van der Waals surface area (Å²) in [5, 5.41) is 0. The molecule has 2 heteroatoms. The van der Waals surface area contributed by atoms with Gasteiger partial charge in [-0.2, -0.15) is 0 Å². The fourth-order valence-corrected chi connectivity index (χ4v) is 3.44. The van der Waals surface area contributed by atoms with Gasteiger partial charge in [-0.1, -0.05) is 89.7 Å². The summed E-state index contributed by atoms with van der Waals surface area (Å²) in [6, 6.07) is 12.6. The molecule has 0 aliphatic rings. The first kappa shape index (κ1) is 27.3. The molecule has 0 spiro atoms. The van der Waals surface area contributed by atoms with Gasteiger partial charge in [0.1, 0.15) is 11.4 Å². The van der Waals surface area contributed by atoms with Crippen LogP contribution in [0.25, 0.3) is 0 Å². The van der Waals surface area contributed by atoms with Gasteiger partial charge in [-0.25, -0.2) is 4.98 Å². The van der Waals surface area contributed by atoms with E-state index in [4.69, 9.17) is 4.74 Å². The monoisotopic (exact) mass is 431 g/mol. The van der Waals surface area contributed by atoms with Crippen molar-refractivity contribution in [1.82, 2.24) is 4.98 Å². The van der Waals surface area contributed by atoms with Crippen LogP contribution in [-0.4, -0.2) is 11.6 Å². The Balaban J connectivity index is 0.00000249. The second-order valence-corrected chi connectivity index (χ2v) is 8.11. The maximum Gasteiger partial charge on any atom is 0.137 e. The molecule has 0 amide bonds. The molecule has 1 aromatic heterocycles. The summed E-state index contributed by atoms with van der Waals surface area (Å²) in [6.07, 6.45) is 25.2. The van der Waals surface area contributed by atoms with Gasteiger partial charge in [0.15, 0.2) is 0 Å². The molecule has 0 atom stereocenters. The number of pyridine rings is 1. The molecule has 0 aliphatic heterocycles. The average molecular weight is 432 g/mol. The molecule has 2 aromatic rings. The van der Waals surface area contributed by atoms with Crippen LogP contribution in [0.4, 0.5) is 0 Å². The maximum absolute atomic E-state index is 5.79. The predicted molar refractivity (Wildman–Crippen MR) is 138 cm³/mol. The molecule has 172 valence electrons. The first-order valence-electron chi connectivity index (χ1n) is 12.3. The summed E-state index contributed by atoms with van der Waals surface area (Å²) in [7, 11) is 0. The van der Waals surface area contributed by atoms with Crippen LogP contribution in [0.5, 0.6) is 5.75 Å². The van der Waals surface area contributed by atoms with Crippen LogP contribution in [-0.2, 0) is 6.42 Å². The van der Waals surface area contributed by atoms with Crippen molar-refractivity contribution >= 4 is 0 Å². The number of unbranched alkanes of at least 4 members (excludes halogenated alkanes) is 9. The van der Waals surface area contributed by atoms with Crippen LogP contribution >= 0.6 is 0 Å². The molecule has 32 heavy (non-hydrogen) atoms. The maximum atomic E-state index is 5.79. The lowest BCUT2D eigenvalue weighted by Gasteiger charge is -2.05. The highest BCUT2D eigenvalue weighted by atomic mass is 16.5. The van der Waals surface area contributed by atoms with Crippen LogP contribution in [0.1, 0.15) is 101 Å². The normalized spacial score (nSPS) is 9.88. The molecular weight excluding hydrogens is 390 g/mol. The second kappa shape index (κ2) is 19.0. The minimum absolute atomic E-state index is 0.768. The highest BCUT2D eigenvalue weighted by Crippen LogP contribution is 2.12. The van der Waals surface area contributed by atoms with E-state index in [1.807, 2.05) is 12.1 Å². The zero-order valence-electron chi connectivity index (χ0n) is 20.2. The van der Waals surface area contributed by atoms with E-state index in [2.05, 4.69) is 67.8 Å². The molecular formula is C30H41NO. The van der Waals surface area contributed by atoms with Gasteiger partial charge < -0.3 is 4.74 Å². The number of aromatic nitrogens is 1. The Bertz CT molecular complexity index is 778. The summed E-state index contributed by atoms with van der Waals surface area (Å²) in [6.45, 7) is 5.27. The second-order valence-electron chi connectivity index (χ2n) is 8.11. The largest absolute Gasteiger partial charge is 0.492 e. The Kier molecular flexibility index (Phi) is 16.2. The Morgan fingerprint density at radius 3 is 1.97 bits per heavy atom. The Hall–Kier alpha value is -2.71. The van der Waals surface area contributed by atoms with E-state index in [0.29, 0.717) is 0 Å². The van der Waals surface area contributed by atoms with Crippen molar-refractivity contribution in [1.29, 1.82) is 0 Å². The average Bonchev–Trinajstić information content (AvgIpc) is 2.85. The van der Waals surface area contributed by atoms with Crippen LogP contribution < -0.4 is 4.74 Å². The minimum atomic E-state index is 0.768. The molecule has 1 aromatic carbocycles. The molecule has 0 aliphatic carbocycles. The van der Waals surface area contributed by atoms with Gasteiger partial charge in [0.25, 0.3) is 0 Å². The number of ether oxygens (including phenoxy) is 1. The third-order valence-electron chi connectivity index (χ3n) is 5.36. The third-order valence-corrected chi connectivity index (χ3v) is 5.36.